The molecule has 0 unspecified atom stereocenters. The molecule has 1 aromatic heterocycles. The third-order valence-electron chi connectivity index (χ3n) is 2.37. The summed E-state index contributed by atoms with van der Waals surface area (Å²) >= 11 is 3.30. The van der Waals surface area contributed by atoms with Gasteiger partial charge in [-0.15, -0.1) is 0 Å². The summed E-state index contributed by atoms with van der Waals surface area (Å²) in [6.07, 6.45) is 1.42. The summed E-state index contributed by atoms with van der Waals surface area (Å²) in [5.74, 6) is -0.153. The van der Waals surface area contributed by atoms with E-state index in [1.54, 1.807) is 30.3 Å². The second kappa shape index (κ2) is 5.57. The highest BCUT2D eigenvalue weighted by Gasteiger charge is 2.11. The van der Waals surface area contributed by atoms with Gasteiger partial charge in [0.1, 0.15) is 0 Å². The van der Waals surface area contributed by atoms with Gasteiger partial charge in [0.05, 0.1) is 12.0 Å². The van der Waals surface area contributed by atoms with Gasteiger partial charge in [0, 0.05) is 10.0 Å². The zero-order valence-electron chi connectivity index (χ0n) is 9.63. The Morgan fingerprint density at radius 2 is 2.21 bits per heavy atom. The van der Waals surface area contributed by atoms with E-state index in [4.69, 9.17) is 15.4 Å². The molecule has 0 aliphatic carbocycles. The molecular weight excluding hydrogens is 314 g/mol. The van der Waals surface area contributed by atoms with Crippen molar-refractivity contribution in [2.75, 3.05) is 5.32 Å². The van der Waals surface area contributed by atoms with Gasteiger partial charge in [0.25, 0.3) is 5.91 Å². The second-order valence-electron chi connectivity index (χ2n) is 3.61. The summed E-state index contributed by atoms with van der Waals surface area (Å²) < 4.78 is 5.60. The van der Waals surface area contributed by atoms with Crippen molar-refractivity contribution in [2.45, 2.75) is 0 Å². The molecule has 0 atom stereocenters. The molecule has 2 aromatic rings. The predicted octanol–water partition coefficient (Wildman–Crippen LogP) is 2.39. The monoisotopic (exact) mass is 323 g/mol. The first-order valence-electron chi connectivity index (χ1n) is 5.24. The maximum Gasteiger partial charge on any atom is 0.291 e. The molecule has 0 radical (unpaired) electrons. The van der Waals surface area contributed by atoms with Crippen molar-refractivity contribution in [3.05, 3.63) is 52.4 Å². The van der Waals surface area contributed by atoms with Gasteiger partial charge in [-0.05, 0) is 46.3 Å². The molecular formula is C12H10BrN3O3. The number of amidine groups is 1. The standard InChI is InChI=1S/C12H10BrN3O3/c13-8-6-7(11(14)16-18)3-4-9(8)15-12(17)10-2-1-5-19-10/h1-6,18H,(H2,14,16)(H,15,17). The van der Waals surface area contributed by atoms with Crippen molar-refractivity contribution in [1.82, 2.24) is 0 Å². The average Bonchev–Trinajstić information content (AvgIpc) is 2.94. The Hall–Kier alpha value is -2.28. The molecule has 7 heteroatoms. The minimum atomic E-state index is -0.359. The summed E-state index contributed by atoms with van der Waals surface area (Å²) in [5.41, 5.74) is 6.55. The van der Waals surface area contributed by atoms with Gasteiger partial charge in [-0.2, -0.15) is 0 Å². The SMILES string of the molecule is N/C(=N/O)c1ccc(NC(=O)c2ccco2)c(Br)c1. The van der Waals surface area contributed by atoms with Crippen LogP contribution >= 0.6 is 15.9 Å². The minimum Gasteiger partial charge on any atom is -0.459 e. The number of amides is 1. The molecule has 98 valence electrons. The Morgan fingerprint density at radius 1 is 1.42 bits per heavy atom. The second-order valence-corrected chi connectivity index (χ2v) is 4.47. The van der Waals surface area contributed by atoms with Gasteiger partial charge in [-0.3, -0.25) is 4.79 Å². The molecule has 2 rings (SSSR count). The molecule has 4 N–H and O–H groups in total. The predicted molar refractivity (Wildman–Crippen MR) is 73.3 cm³/mol. The van der Waals surface area contributed by atoms with E-state index in [9.17, 15) is 4.79 Å². The highest BCUT2D eigenvalue weighted by Crippen LogP contribution is 2.24. The van der Waals surface area contributed by atoms with E-state index < -0.39 is 0 Å². The number of rotatable bonds is 3. The number of nitrogens with one attached hydrogen (secondary N) is 1. The van der Waals surface area contributed by atoms with Gasteiger partial charge in [-0.1, -0.05) is 5.16 Å². The molecule has 0 spiro atoms. The van der Waals surface area contributed by atoms with Gasteiger partial charge in [0.2, 0.25) is 0 Å². The van der Waals surface area contributed by atoms with Crippen LogP contribution in [-0.4, -0.2) is 17.0 Å². The third-order valence-corrected chi connectivity index (χ3v) is 3.02. The Bertz CT molecular complexity index is 623. The van der Waals surface area contributed by atoms with Crippen LogP contribution in [0.1, 0.15) is 16.1 Å². The van der Waals surface area contributed by atoms with Crippen molar-refractivity contribution in [1.29, 1.82) is 0 Å². The smallest absolute Gasteiger partial charge is 0.291 e. The van der Waals surface area contributed by atoms with Gasteiger partial charge < -0.3 is 20.7 Å². The summed E-state index contributed by atoms with van der Waals surface area (Å²) in [6.45, 7) is 0. The van der Waals surface area contributed by atoms with E-state index in [1.165, 1.54) is 6.26 Å². The molecule has 0 aliphatic rings. The number of oxime groups is 1. The van der Waals surface area contributed by atoms with Gasteiger partial charge in [0.15, 0.2) is 11.6 Å². The molecule has 0 saturated carbocycles. The van der Waals surface area contributed by atoms with Crippen molar-refractivity contribution in [2.24, 2.45) is 10.9 Å². The summed E-state index contributed by atoms with van der Waals surface area (Å²) in [6, 6.07) is 8.09. The summed E-state index contributed by atoms with van der Waals surface area (Å²) in [5, 5.41) is 14.2. The Balaban J connectivity index is 2.20. The number of hydrogen-bond donors (Lipinski definition) is 3. The lowest BCUT2D eigenvalue weighted by atomic mass is 10.2. The number of benzene rings is 1. The van der Waals surface area contributed by atoms with E-state index >= 15 is 0 Å². The van der Waals surface area contributed by atoms with Gasteiger partial charge in [-0.25, -0.2) is 0 Å². The maximum atomic E-state index is 11.8. The molecule has 19 heavy (non-hydrogen) atoms. The minimum absolute atomic E-state index is 0.00962. The van der Waals surface area contributed by atoms with Crippen LogP contribution in [0, 0.1) is 0 Å². The van der Waals surface area contributed by atoms with Crippen LogP contribution in [0.4, 0.5) is 5.69 Å². The first kappa shape index (κ1) is 13.2. The Labute approximate surface area is 117 Å². The first-order valence-corrected chi connectivity index (χ1v) is 6.03. The first-order chi connectivity index (χ1) is 9.11. The number of carbonyl (C=O) groups is 1. The molecule has 1 aromatic carbocycles. The van der Waals surface area contributed by atoms with Crippen molar-refractivity contribution >= 4 is 33.4 Å². The van der Waals surface area contributed by atoms with Crippen LogP contribution in [0.3, 0.4) is 0 Å². The molecule has 1 heterocycles. The number of hydrogen-bond acceptors (Lipinski definition) is 4. The summed E-state index contributed by atoms with van der Waals surface area (Å²) in [4.78, 5) is 11.8. The number of furan rings is 1. The fraction of sp³-hybridized carbons (Fsp3) is 0. The van der Waals surface area contributed by atoms with Crippen LogP contribution in [0.5, 0.6) is 0 Å². The lowest BCUT2D eigenvalue weighted by Gasteiger charge is -2.07. The zero-order chi connectivity index (χ0) is 13.8. The van der Waals surface area contributed by atoms with E-state index in [-0.39, 0.29) is 17.5 Å². The lowest BCUT2D eigenvalue weighted by molar-refractivity contribution is 0.0996. The van der Waals surface area contributed by atoms with E-state index in [2.05, 4.69) is 26.4 Å². The normalized spacial score (nSPS) is 11.3. The van der Waals surface area contributed by atoms with Crippen LogP contribution < -0.4 is 11.1 Å². The van der Waals surface area contributed by atoms with Gasteiger partial charge >= 0.3 is 0 Å². The number of halogens is 1. The Morgan fingerprint density at radius 3 is 2.79 bits per heavy atom. The lowest BCUT2D eigenvalue weighted by Crippen LogP contribution is -2.14. The Kier molecular flexibility index (Phi) is 3.86. The topological polar surface area (TPSA) is 101 Å². The fourth-order valence-corrected chi connectivity index (χ4v) is 1.90. The molecule has 1 amide bonds. The molecule has 0 saturated heterocycles. The highest BCUT2D eigenvalue weighted by atomic mass is 79.9. The highest BCUT2D eigenvalue weighted by molar-refractivity contribution is 9.10. The molecule has 0 bridgehead atoms. The number of nitrogens with zero attached hydrogens (tertiary/aromatic N) is 1. The number of anilines is 1. The fourth-order valence-electron chi connectivity index (χ4n) is 1.43. The van der Waals surface area contributed by atoms with Crippen molar-refractivity contribution in [3.63, 3.8) is 0 Å². The van der Waals surface area contributed by atoms with E-state index in [1.807, 2.05) is 0 Å². The quantitative estimate of drug-likeness (QED) is 0.349. The van der Waals surface area contributed by atoms with Crippen LogP contribution in [0.25, 0.3) is 0 Å². The number of carbonyl (C=O) groups excluding carboxylic acids is 1. The molecule has 0 aliphatic heterocycles. The largest absolute Gasteiger partial charge is 0.459 e. The number of nitrogens with two attached hydrogens (primary N) is 1. The zero-order valence-corrected chi connectivity index (χ0v) is 11.2. The van der Waals surface area contributed by atoms with Crippen molar-refractivity contribution in [3.8, 4) is 0 Å². The molecule has 6 nitrogen and oxygen atoms in total. The average molecular weight is 324 g/mol. The third kappa shape index (κ3) is 2.94. The van der Waals surface area contributed by atoms with E-state index in [0.717, 1.165) is 0 Å². The summed E-state index contributed by atoms with van der Waals surface area (Å²) in [7, 11) is 0. The van der Waals surface area contributed by atoms with Crippen LogP contribution in [0.2, 0.25) is 0 Å². The van der Waals surface area contributed by atoms with Crippen molar-refractivity contribution < 1.29 is 14.4 Å². The van der Waals surface area contributed by atoms with E-state index in [0.29, 0.717) is 15.7 Å². The van der Waals surface area contributed by atoms with Crippen LogP contribution in [-0.2, 0) is 0 Å². The molecule has 0 fully saturated rings. The maximum absolute atomic E-state index is 11.8. The van der Waals surface area contributed by atoms with Crippen LogP contribution in [0.15, 0.2) is 50.6 Å².